The van der Waals surface area contributed by atoms with E-state index in [9.17, 15) is 13.5 Å². The van der Waals surface area contributed by atoms with Crippen molar-refractivity contribution >= 4 is 9.84 Å². The lowest BCUT2D eigenvalue weighted by molar-refractivity contribution is 0.280. The quantitative estimate of drug-likeness (QED) is 0.477. The molecule has 0 aliphatic heterocycles. The molecule has 0 heterocycles. The van der Waals surface area contributed by atoms with Crippen molar-refractivity contribution in [1.29, 1.82) is 0 Å². The fourth-order valence-electron chi connectivity index (χ4n) is 3.79. The predicted molar refractivity (Wildman–Crippen MR) is 113 cm³/mol. The van der Waals surface area contributed by atoms with Gasteiger partial charge in [-0.05, 0) is 49.1 Å². The van der Waals surface area contributed by atoms with Crippen molar-refractivity contribution in [2.45, 2.75) is 67.9 Å². The second-order valence-corrected chi connectivity index (χ2v) is 9.61. The topological polar surface area (TPSA) is 74.6 Å². The molecule has 0 fully saturated rings. The van der Waals surface area contributed by atoms with Crippen LogP contribution in [-0.4, -0.2) is 25.2 Å². The molecule has 0 amide bonds. The van der Waals surface area contributed by atoms with E-state index in [-0.39, 0.29) is 17.3 Å². The highest BCUT2D eigenvalue weighted by molar-refractivity contribution is 7.92. The number of aliphatic hydroxyl groups excluding tert-OH is 1. The molecule has 5 heteroatoms. The zero-order valence-corrected chi connectivity index (χ0v) is 17.5. The highest BCUT2D eigenvalue weighted by atomic mass is 32.2. The maximum absolute atomic E-state index is 13.9. The summed E-state index contributed by atoms with van der Waals surface area (Å²) in [5.41, 5.74) is 0.822. The van der Waals surface area contributed by atoms with E-state index in [1.54, 1.807) is 0 Å². The molecule has 0 saturated carbocycles. The number of aromatic hydroxyl groups is 1. The summed E-state index contributed by atoms with van der Waals surface area (Å²) in [5.74, 6) is 0.0539. The number of aliphatic hydroxyl groups is 1. The summed E-state index contributed by atoms with van der Waals surface area (Å²) >= 11 is 0. The molecule has 0 aliphatic rings. The number of hydrogen-bond donors (Lipinski definition) is 2. The summed E-state index contributed by atoms with van der Waals surface area (Å²) in [6.45, 7) is 2.23. The Hall–Kier alpha value is -1.85. The van der Waals surface area contributed by atoms with Gasteiger partial charge < -0.3 is 10.2 Å². The molecule has 2 N–H and O–H groups in total. The second kappa shape index (κ2) is 10.6. The van der Waals surface area contributed by atoms with Crippen LogP contribution in [0, 0.1) is 0 Å². The van der Waals surface area contributed by atoms with Crippen LogP contribution in [0.3, 0.4) is 0 Å². The normalized spacial score (nSPS) is 13.9. The Labute approximate surface area is 169 Å². The van der Waals surface area contributed by atoms with Crippen LogP contribution >= 0.6 is 0 Å². The summed E-state index contributed by atoms with van der Waals surface area (Å²) in [5, 5.41) is 18.7. The maximum atomic E-state index is 13.9. The summed E-state index contributed by atoms with van der Waals surface area (Å²) in [6, 6.07) is 15.4. The van der Waals surface area contributed by atoms with Crippen LogP contribution in [0.4, 0.5) is 0 Å². The first kappa shape index (κ1) is 22.4. The van der Waals surface area contributed by atoms with Gasteiger partial charge in [0.25, 0.3) is 0 Å². The van der Waals surface area contributed by atoms with E-state index in [1.807, 2.05) is 30.3 Å². The summed E-state index contributed by atoms with van der Waals surface area (Å²) in [6.07, 6.45) is 6.13. The average Bonchev–Trinajstić information content (AvgIpc) is 2.71. The molecule has 1 unspecified atom stereocenters. The molecule has 0 spiro atoms. The number of phenolic OH excluding ortho intramolecular Hbond substituents is 1. The molecule has 154 valence electrons. The number of rotatable bonds is 12. The summed E-state index contributed by atoms with van der Waals surface area (Å²) < 4.78 is 26.8. The second-order valence-electron chi connectivity index (χ2n) is 7.35. The van der Waals surface area contributed by atoms with Crippen molar-refractivity contribution in [1.82, 2.24) is 0 Å². The molecular weight excluding hydrogens is 372 g/mol. The monoisotopic (exact) mass is 404 g/mol. The SMILES string of the molecule is CCCCCC(CCCCCO)(c1ccccc1)S(=O)(=O)c1ccc(O)cc1. The molecule has 4 nitrogen and oxygen atoms in total. The maximum Gasteiger partial charge on any atom is 0.188 e. The lowest BCUT2D eigenvalue weighted by Gasteiger charge is -2.34. The first-order chi connectivity index (χ1) is 13.5. The van der Waals surface area contributed by atoms with E-state index < -0.39 is 14.6 Å². The largest absolute Gasteiger partial charge is 0.508 e. The number of sulfone groups is 1. The Morgan fingerprint density at radius 2 is 1.43 bits per heavy atom. The van der Waals surface area contributed by atoms with Crippen LogP contribution in [0.2, 0.25) is 0 Å². The third kappa shape index (κ3) is 5.15. The van der Waals surface area contributed by atoms with Gasteiger partial charge in [-0.2, -0.15) is 0 Å². The minimum absolute atomic E-state index is 0.0539. The predicted octanol–water partition coefficient (Wildman–Crippen LogP) is 5.19. The van der Waals surface area contributed by atoms with Gasteiger partial charge in [-0.1, -0.05) is 69.4 Å². The van der Waals surface area contributed by atoms with Crippen LogP contribution in [0.15, 0.2) is 59.5 Å². The van der Waals surface area contributed by atoms with Crippen LogP contribution in [-0.2, 0) is 14.6 Å². The van der Waals surface area contributed by atoms with Gasteiger partial charge in [-0.3, -0.25) is 0 Å². The van der Waals surface area contributed by atoms with Crippen LogP contribution < -0.4 is 0 Å². The fourth-order valence-corrected chi connectivity index (χ4v) is 6.01. The first-order valence-corrected chi connectivity index (χ1v) is 11.7. The lowest BCUT2D eigenvalue weighted by Crippen LogP contribution is -2.36. The number of unbranched alkanes of at least 4 members (excludes halogenated alkanes) is 4. The van der Waals surface area contributed by atoms with Gasteiger partial charge >= 0.3 is 0 Å². The van der Waals surface area contributed by atoms with Crippen molar-refractivity contribution in [2.24, 2.45) is 0 Å². The first-order valence-electron chi connectivity index (χ1n) is 10.2. The van der Waals surface area contributed by atoms with Crippen molar-refractivity contribution in [2.75, 3.05) is 6.61 Å². The van der Waals surface area contributed by atoms with Gasteiger partial charge in [-0.15, -0.1) is 0 Å². The minimum Gasteiger partial charge on any atom is -0.508 e. The van der Waals surface area contributed by atoms with Crippen molar-refractivity contribution < 1.29 is 18.6 Å². The highest BCUT2D eigenvalue weighted by Crippen LogP contribution is 2.44. The van der Waals surface area contributed by atoms with Gasteiger partial charge in [0.2, 0.25) is 0 Å². The fraction of sp³-hybridized carbons (Fsp3) is 0.478. The van der Waals surface area contributed by atoms with Crippen molar-refractivity contribution in [3.05, 3.63) is 60.2 Å². The molecule has 1 atom stereocenters. The molecule has 0 bridgehead atoms. The zero-order valence-electron chi connectivity index (χ0n) is 16.7. The van der Waals surface area contributed by atoms with Gasteiger partial charge in [0.15, 0.2) is 9.84 Å². The average molecular weight is 405 g/mol. The van der Waals surface area contributed by atoms with E-state index in [4.69, 9.17) is 5.11 Å². The Morgan fingerprint density at radius 3 is 2.00 bits per heavy atom. The lowest BCUT2D eigenvalue weighted by atomic mass is 9.87. The van der Waals surface area contributed by atoms with Crippen molar-refractivity contribution in [3.63, 3.8) is 0 Å². The standard InChI is InChI=1S/C23H32O4S/c1-2-3-8-17-23(18-9-5-10-19-24,20-11-6-4-7-12-20)28(26,27)22-15-13-21(25)14-16-22/h4,6-7,11-16,24-25H,2-3,5,8-10,17-19H2,1H3. The van der Waals surface area contributed by atoms with E-state index in [0.29, 0.717) is 19.3 Å². The number of hydrogen-bond acceptors (Lipinski definition) is 4. The molecule has 0 aliphatic carbocycles. The molecule has 0 aromatic heterocycles. The van der Waals surface area contributed by atoms with E-state index >= 15 is 0 Å². The van der Waals surface area contributed by atoms with Crippen LogP contribution in [0.25, 0.3) is 0 Å². The van der Waals surface area contributed by atoms with E-state index in [0.717, 1.165) is 37.7 Å². The highest BCUT2D eigenvalue weighted by Gasteiger charge is 2.45. The van der Waals surface area contributed by atoms with Crippen molar-refractivity contribution in [3.8, 4) is 5.75 Å². The number of phenols is 1. The Morgan fingerprint density at radius 1 is 0.821 bits per heavy atom. The minimum atomic E-state index is -3.67. The van der Waals surface area contributed by atoms with Gasteiger partial charge in [-0.25, -0.2) is 8.42 Å². The van der Waals surface area contributed by atoms with Gasteiger partial charge in [0, 0.05) is 6.61 Å². The van der Waals surface area contributed by atoms with E-state index in [2.05, 4.69) is 6.92 Å². The molecule has 28 heavy (non-hydrogen) atoms. The molecule has 0 radical (unpaired) electrons. The van der Waals surface area contributed by atoms with Crippen LogP contribution in [0.5, 0.6) is 5.75 Å². The smallest absolute Gasteiger partial charge is 0.188 e. The number of benzene rings is 2. The Balaban J connectivity index is 2.54. The zero-order chi connectivity index (χ0) is 20.5. The molecular formula is C23H32O4S. The Bertz CT molecular complexity index is 800. The summed E-state index contributed by atoms with van der Waals surface area (Å²) in [7, 11) is -3.67. The van der Waals surface area contributed by atoms with Gasteiger partial charge in [0.1, 0.15) is 10.5 Å². The molecule has 2 rings (SSSR count). The van der Waals surface area contributed by atoms with E-state index in [1.165, 1.54) is 24.3 Å². The molecule has 2 aromatic carbocycles. The Kier molecular flexibility index (Phi) is 8.52. The van der Waals surface area contributed by atoms with Crippen LogP contribution in [0.1, 0.15) is 63.9 Å². The summed E-state index contributed by atoms with van der Waals surface area (Å²) in [4.78, 5) is 0.243. The molecule has 0 saturated heterocycles. The van der Waals surface area contributed by atoms with Gasteiger partial charge in [0.05, 0.1) is 4.90 Å². The third-order valence-corrected chi connectivity index (χ3v) is 7.95. The molecule has 2 aromatic rings. The third-order valence-electron chi connectivity index (χ3n) is 5.38.